The van der Waals surface area contributed by atoms with E-state index in [-0.39, 0.29) is 11.4 Å². The van der Waals surface area contributed by atoms with Crippen LogP contribution in [0.4, 0.5) is 0 Å². The number of amides is 1. The minimum absolute atomic E-state index is 0.0609. The van der Waals surface area contributed by atoms with Crippen LogP contribution in [0.5, 0.6) is 5.75 Å². The normalized spacial score (nSPS) is 11.6. The van der Waals surface area contributed by atoms with Crippen LogP contribution in [0.2, 0.25) is 10.0 Å². The van der Waals surface area contributed by atoms with Gasteiger partial charge in [-0.2, -0.15) is 9.41 Å². The monoisotopic (exact) mass is 519 g/mol. The van der Waals surface area contributed by atoms with Crippen LogP contribution in [-0.4, -0.2) is 38.0 Å². The highest BCUT2D eigenvalue weighted by Crippen LogP contribution is 2.25. The average Bonchev–Trinajstić information content (AvgIpc) is 2.82. The summed E-state index contributed by atoms with van der Waals surface area (Å²) in [4.78, 5) is 12.6. The Morgan fingerprint density at radius 2 is 1.76 bits per heavy atom. The highest BCUT2D eigenvalue weighted by molar-refractivity contribution is 7.89. The van der Waals surface area contributed by atoms with Gasteiger partial charge < -0.3 is 4.74 Å². The zero-order chi connectivity index (χ0) is 24.6. The van der Waals surface area contributed by atoms with E-state index in [1.165, 1.54) is 24.4 Å². The third kappa shape index (κ3) is 7.04. The smallest absolute Gasteiger partial charge is 0.255 e. The number of halogens is 2. The molecular formula is C24H23Cl2N3O4S. The van der Waals surface area contributed by atoms with Crippen molar-refractivity contribution in [1.82, 2.24) is 9.73 Å². The molecule has 3 aromatic rings. The lowest BCUT2D eigenvalue weighted by Crippen LogP contribution is -2.39. The molecule has 34 heavy (non-hydrogen) atoms. The van der Waals surface area contributed by atoms with Crippen LogP contribution in [0.3, 0.4) is 0 Å². The summed E-state index contributed by atoms with van der Waals surface area (Å²) in [6, 6.07) is 19.8. The molecule has 0 atom stereocenters. The second-order valence-corrected chi connectivity index (χ2v) is 9.90. The van der Waals surface area contributed by atoms with Crippen molar-refractivity contribution < 1.29 is 17.9 Å². The van der Waals surface area contributed by atoms with Gasteiger partial charge >= 0.3 is 0 Å². The number of carbonyl (C=O) groups is 1. The molecule has 178 valence electrons. The van der Waals surface area contributed by atoms with Gasteiger partial charge in [0, 0.05) is 16.6 Å². The van der Waals surface area contributed by atoms with E-state index in [1.54, 1.807) is 54.6 Å². The topological polar surface area (TPSA) is 88.1 Å². The van der Waals surface area contributed by atoms with E-state index in [2.05, 4.69) is 10.5 Å². The lowest BCUT2D eigenvalue weighted by molar-refractivity contribution is -0.121. The summed E-state index contributed by atoms with van der Waals surface area (Å²) in [7, 11) is -3.99. The SMILES string of the molecule is CCOc1ccc(/C=N\NC(=O)CN(Cc2ccc(Cl)cc2Cl)S(=O)(=O)c2ccccc2)cc1. The summed E-state index contributed by atoms with van der Waals surface area (Å²) in [5, 5.41) is 4.66. The third-order valence-electron chi connectivity index (χ3n) is 4.66. The van der Waals surface area contributed by atoms with E-state index in [1.807, 2.05) is 6.92 Å². The van der Waals surface area contributed by atoms with Crippen LogP contribution in [0.1, 0.15) is 18.1 Å². The molecule has 0 fully saturated rings. The molecule has 1 N–H and O–H groups in total. The van der Waals surface area contributed by atoms with Crippen LogP contribution in [-0.2, 0) is 21.4 Å². The van der Waals surface area contributed by atoms with Gasteiger partial charge in [-0.25, -0.2) is 13.8 Å². The van der Waals surface area contributed by atoms with Crippen LogP contribution < -0.4 is 10.2 Å². The lowest BCUT2D eigenvalue weighted by Gasteiger charge is -2.22. The largest absolute Gasteiger partial charge is 0.494 e. The van der Waals surface area contributed by atoms with Gasteiger partial charge in [-0.3, -0.25) is 4.79 Å². The molecule has 0 radical (unpaired) electrons. The quantitative estimate of drug-likeness (QED) is 0.309. The molecule has 0 aliphatic carbocycles. The Kier molecular flexibility index (Phi) is 9.06. The van der Waals surface area contributed by atoms with Gasteiger partial charge in [0.1, 0.15) is 5.75 Å². The number of hydrazone groups is 1. The Bertz CT molecular complexity index is 1250. The third-order valence-corrected chi connectivity index (χ3v) is 7.05. The number of rotatable bonds is 10. The molecule has 0 saturated carbocycles. The molecule has 10 heteroatoms. The maximum Gasteiger partial charge on any atom is 0.255 e. The maximum absolute atomic E-state index is 13.3. The van der Waals surface area contributed by atoms with E-state index in [0.29, 0.717) is 22.2 Å². The van der Waals surface area contributed by atoms with Crippen LogP contribution >= 0.6 is 23.2 Å². The number of benzene rings is 3. The van der Waals surface area contributed by atoms with Crippen molar-refractivity contribution in [2.45, 2.75) is 18.4 Å². The van der Waals surface area contributed by atoms with Crippen molar-refractivity contribution in [3.63, 3.8) is 0 Å². The first-order chi connectivity index (χ1) is 16.3. The van der Waals surface area contributed by atoms with E-state index in [9.17, 15) is 13.2 Å². The first-order valence-corrected chi connectivity index (χ1v) is 12.5. The van der Waals surface area contributed by atoms with Crippen molar-refractivity contribution >= 4 is 45.3 Å². The lowest BCUT2D eigenvalue weighted by atomic mass is 10.2. The van der Waals surface area contributed by atoms with Crippen molar-refractivity contribution in [2.24, 2.45) is 5.10 Å². The molecule has 0 spiro atoms. The molecule has 0 unspecified atom stereocenters. The summed E-state index contributed by atoms with van der Waals surface area (Å²) >= 11 is 12.2. The summed E-state index contributed by atoms with van der Waals surface area (Å²) in [5.41, 5.74) is 3.63. The van der Waals surface area contributed by atoms with E-state index >= 15 is 0 Å². The molecule has 0 aliphatic heterocycles. The zero-order valence-corrected chi connectivity index (χ0v) is 20.6. The summed E-state index contributed by atoms with van der Waals surface area (Å²) < 4.78 is 32.9. The molecule has 7 nitrogen and oxygen atoms in total. The molecular weight excluding hydrogens is 497 g/mol. The zero-order valence-electron chi connectivity index (χ0n) is 18.3. The van der Waals surface area contributed by atoms with Gasteiger partial charge in [0.2, 0.25) is 10.0 Å². The molecule has 3 aromatic carbocycles. The summed E-state index contributed by atoms with van der Waals surface area (Å²) in [6.45, 7) is 1.88. The fourth-order valence-electron chi connectivity index (χ4n) is 3.00. The molecule has 0 bridgehead atoms. The number of carbonyl (C=O) groups excluding carboxylic acids is 1. The first kappa shape index (κ1) is 25.7. The Morgan fingerprint density at radius 1 is 1.06 bits per heavy atom. The van der Waals surface area contributed by atoms with Gasteiger partial charge in [-0.15, -0.1) is 0 Å². The number of sulfonamides is 1. The summed E-state index contributed by atoms with van der Waals surface area (Å²) in [6.07, 6.45) is 1.46. The number of ether oxygens (including phenoxy) is 1. The molecule has 3 rings (SSSR count). The van der Waals surface area contributed by atoms with Crippen molar-refractivity contribution in [1.29, 1.82) is 0 Å². The Hall–Kier alpha value is -2.91. The standard InChI is InChI=1S/C24H23Cl2N3O4S/c1-2-33-21-12-8-18(9-13-21)15-27-28-24(30)17-29(16-19-10-11-20(25)14-23(19)26)34(31,32)22-6-4-3-5-7-22/h3-15H,2,16-17H2,1H3,(H,28,30)/b27-15-. The highest BCUT2D eigenvalue weighted by atomic mass is 35.5. The maximum atomic E-state index is 13.3. The van der Waals surface area contributed by atoms with Gasteiger partial charge in [-0.05, 0) is 66.6 Å². The number of hydrogen-bond acceptors (Lipinski definition) is 5. The minimum Gasteiger partial charge on any atom is -0.494 e. The Balaban J connectivity index is 1.75. The average molecular weight is 520 g/mol. The molecule has 0 aromatic heterocycles. The van der Waals surface area contributed by atoms with Crippen molar-refractivity contribution in [3.8, 4) is 5.75 Å². The van der Waals surface area contributed by atoms with Gasteiger partial charge in [0.15, 0.2) is 0 Å². The van der Waals surface area contributed by atoms with E-state index in [4.69, 9.17) is 27.9 Å². The van der Waals surface area contributed by atoms with Crippen LogP contribution in [0.15, 0.2) is 82.8 Å². The highest BCUT2D eigenvalue weighted by Gasteiger charge is 2.27. The summed E-state index contributed by atoms with van der Waals surface area (Å²) in [5.74, 6) is 0.123. The predicted molar refractivity (Wildman–Crippen MR) is 134 cm³/mol. The molecule has 0 heterocycles. The molecule has 0 saturated heterocycles. The fourth-order valence-corrected chi connectivity index (χ4v) is 4.86. The van der Waals surface area contributed by atoms with Gasteiger partial charge in [-0.1, -0.05) is 47.5 Å². The molecule has 1 amide bonds. The fraction of sp³-hybridized carbons (Fsp3) is 0.167. The van der Waals surface area contributed by atoms with Crippen LogP contribution in [0, 0.1) is 0 Å². The van der Waals surface area contributed by atoms with E-state index < -0.39 is 22.5 Å². The van der Waals surface area contributed by atoms with E-state index in [0.717, 1.165) is 15.6 Å². The van der Waals surface area contributed by atoms with Crippen molar-refractivity contribution in [3.05, 3.63) is 94.0 Å². The Morgan fingerprint density at radius 3 is 2.41 bits per heavy atom. The van der Waals surface area contributed by atoms with Gasteiger partial charge in [0.05, 0.1) is 24.3 Å². The van der Waals surface area contributed by atoms with Gasteiger partial charge in [0.25, 0.3) is 5.91 Å². The molecule has 0 aliphatic rings. The predicted octanol–water partition coefficient (Wildman–Crippen LogP) is 4.73. The Labute approximate surface area is 209 Å². The second kappa shape index (κ2) is 12.0. The number of hydrogen-bond donors (Lipinski definition) is 1. The van der Waals surface area contributed by atoms with Crippen molar-refractivity contribution in [2.75, 3.05) is 13.2 Å². The second-order valence-electron chi connectivity index (χ2n) is 7.12. The first-order valence-electron chi connectivity index (χ1n) is 10.3. The minimum atomic E-state index is -3.99. The number of nitrogens with zero attached hydrogens (tertiary/aromatic N) is 2. The number of nitrogens with one attached hydrogen (secondary N) is 1. The van der Waals surface area contributed by atoms with Crippen LogP contribution in [0.25, 0.3) is 0 Å².